The summed E-state index contributed by atoms with van der Waals surface area (Å²) in [5, 5.41) is 19.4. The predicted molar refractivity (Wildman–Crippen MR) is 60.3 cm³/mol. The number of aromatic carboxylic acids is 1. The lowest BCUT2D eigenvalue weighted by molar-refractivity contribution is -0.384. The average Bonchev–Trinajstić information content (AvgIpc) is 3.10. The first-order chi connectivity index (χ1) is 8.49. The maximum Gasteiger partial charge on any atom is 0.336 e. The Bertz CT molecular complexity index is 513. The number of nitrogens with zero attached hydrogens (tertiary/aromatic N) is 1. The molecule has 8 heteroatoms. The highest BCUT2D eigenvalue weighted by Gasteiger charge is 2.26. The molecule has 0 radical (unpaired) electrons. The molecule has 1 saturated heterocycles. The number of carbonyl (C=O) groups is 1. The molecule has 0 saturated carbocycles. The van der Waals surface area contributed by atoms with Crippen LogP contribution in [0.5, 0.6) is 5.75 Å². The van der Waals surface area contributed by atoms with Crippen LogP contribution >= 0.6 is 11.6 Å². The van der Waals surface area contributed by atoms with Crippen LogP contribution in [-0.4, -0.2) is 35.3 Å². The molecule has 0 amide bonds. The fourth-order valence-corrected chi connectivity index (χ4v) is 1.52. The van der Waals surface area contributed by atoms with Gasteiger partial charge in [-0.25, -0.2) is 4.79 Å². The van der Waals surface area contributed by atoms with Crippen LogP contribution in [0.25, 0.3) is 0 Å². The fraction of sp³-hybridized carbons (Fsp3) is 0.300. The third kappa shape index (κ3) is 2.69. The summed E-state index contributed by atoms with van der Waals surface area (Å²) >= 11 is 5.78. The van der Waals surface area contributed by atoms with Gasteiger partial charge in [0.15, 0.2) is 5.02 Å². The number of hydrogen-bond donors (Lipinski definition) is 1. The average molecular weight is 274 g/mol. The lowest BCUT2D eigenvalue weighted by Gasteiger charge is -2.08. The van der Waals surface area contributed by atoms with Crippen LogP contribution in [0.4, 0.5) is 5.69 Å². The highest BCUT2D eigenvalue weighted by Crippen LogP contribution is 2.35. The third-order valence-electron chi connectivity index (χ3n) is 2.29. The fourth-order valence-electron chi connectivity index (χ4n) is 1.29. The number of carboxylic acids is 1. The van der Waals surface area contributed by atoms with Crippen molar-refractivity contribution in [1.82, 2.24) is 0 Å². The standard InChI is InChI=1S/C10H8ClNO6/c11-9-7(12(15)16)1-5(10(13)14)2-8(9)18-4-6-3-17-6/h1-2,6H,3-4H2,(H,13,14). The van der Waals surface area contributed by atoms with Crippen LogP contribution < -0.4 is 4.74 Å². The van der Waals surface area contributed by atoms with Crippen molar-refractivity contribution >= 4 is 23.3 Å². The number of epoxide rings is 1. The van der Waals surface area contributed by atoms with E-state index in [2.05, 4.69) is 0 Å². The Hall–Kier alpha value is -1.86. The van der Waals surface area contributed by atoms with Gasteiger partial charge in [0.2, 0.25) is 0 Å². The summed E-state index contributed by atoms with van der Waals surface area (Å²) in [6, 6.07) is 2.05. The second-order valence-electron chi connectivity index (χ2n) is 3.64. The van der Waals surface area contributed by atoms with Gasteiger partial charge in [-0.15, -0.1) is 0 Å². The summed E-state index contributed by atoms with van der Waals surface area (Å²) in [7, 11) is 0. The van der Waals surface area contributed by atoms with E-state index in [1.807, 2.05) is 0 Å². The molecule has 1 aromatic rings. The van der Waals surface area contributed by atoms with E-state index in [1.54, 1.807) is 0 Å². The van der Waals surface area contributed by atoms with Crippen molar-refractivity contribution in [3.63, 3.8) is 0 Å². The van der Waals surface area contributed by atoms with Crippen molar-refractivity contribution < 1.29 is 24.3 Å². The van der Waals surface area contributed by atoms with Gasteiger partial charge in [-0.05, 0) is 6.07 Å². The molecule has 1 aromatic carbocycles. The van der Waals surface area contributed by atoms with Crippen LogP contribution in [0, 0.1) is 10.1 Å². The number of carboxylic acid groups (broad SMARTS) is 1. The zero-order valence-electron chi connectivity index (χ0n) is 8.96. The number of ether oxygens (including phenoxy) is 2. The molecule has 0 aliphatic carbocycles. The molecule has 7 nitrogen and oxygen atoms in total. The minimum atomic E-state index is -1.29. The highest BCUT2D eigenvalue weighted by molar-refractivity contribution is 6.34. The summed E-state index contributed by atoms with van der Waals surface area (Å²) in [5.74, 6) is -1.32. The van der Waals surface area contributed by atoms with Crippen molar-refractivity contribution in [2.75, 3.05) is 13.2 Å². The van der Waals surface area contributed by atoms with Gasteiger partial charge >= 0.3 is 5.97 Å². The minimum absolute atomic E-state index is 0.0289. The zero-order chi connectivity index (χ0) is 13.3. The maximum atomic E-state index is 10.8. The van der Waals surface area contributed by atoms with Gasteiger partial charge in [0, 0.05) is 6.07 Å². The summed E-state index contributed by atoms with van der Waals surface area (Å²) in [6.45, 7) is 0.734. The Kier molecular flexibility index (Phi) is 3.35. The topological polar surface area (TPSA) is 102 Å². The second kappa shape index (κ2) is 4.79. The van der Waals surface area contributed by atoms with Gasteiger partial charge < -0.3 is 14.6 Å². The normalized spacial score (nSPS) is 17.3. The van der Waals surface area contributed by atoms with Crippen molar-refractivity contribution in [2.45, 2.75) is 6.10 Å². The first-order valence-corrected chi connectivity index (χ1v) is 5.32. The van der Waals surface area contributed by atoms with Gasteiger partial charge in [-0.1, -0.05) is 11.6 Å². The maximum absolute atomic E-state index is 10.8. The van der Waals surface area contributed by atoms with E-state index in [9.17, 15) is 14.9 Å². The summed E-state index contributed by atoms with van der Waals surface area (Å²) in [5.41, 5.74) is -0.749. The first-order valence-electron chi connectivity index (χ1n) is 4.94. The Morgan fingerprint density at radius 3 is 2.83 bits per heavy atom. The number of nitro groups is 1. The summed E-state index contributed by atoms with van der Waals surface area (Å²) < 4.78 is 10.1. The van der Waals surface area contributed by atoms with E-state index in [4.69, 9.17) is 26.2 Å². The van der Waals surface area contributed by atoms with Gasteiger partial charge in [0.05, 0.1) is 17.1 Å². The third-order valence-corrected chi connectivity index (χ3v) is 2.67. The molecule has 1 atom stereocenters. The number of nitro benzene ring substituents is 1. The second-order valence-corrected chi connectivity index (χ2v) is 4.01. The smallest absolute Gasteiger partial charge is 0.336 e. The van der Waals surface area contributed by atoms with Crippen LogP contribution in [0.2, 0.25) is 5.02 Å². The van der Waals surface area contributed by atoms with Crippen molar-refractivity contribution in [3.8, 4) is 5.75 Å². The molecule has 0 aromatic heterocycles. The van der Waals surface area contributed by atoms with E-state index in [1.165, 1.54) is 0 Å². The van der Waals surface area contributed by atoms with Gasteiger partial charge in [-0.3, -0.25) is 10.1 Å². The monoisotopic (exact) mass is 273 g/mol. The van der Waals surface area contributed by atoms with Gasteiger partial charge in [-0.2, -0.15) is 0 Å². The molecule has 0 bridgehead atoms. The van der Waals surface area contributed by atoms with E-state index >= 15 is 0 Å². The van der Waals surface area contributed by atoms with Crippen LogP contribution in [0.3, 0.4) is 0 Å². The number of hydrogen-bond acceptors (Lipinski definition) is 5. The Morgan fingerprint density at radius 1 is 1.67 bits per heavy atom. The van der Waals surface area contributed by atoms with Gasteiger partial charge in [0.1, 0.15) is 18.5 Å². The molecular formula is C10H8ClNO6. The van der Waals surface area contributed by atoms with Gasteiger partial charge in [0.25, 0.3) is 5.69 Å². The van der Waals surface area contributed by atoms with E-state index in [0.717, 1.165) is 12.1 Å². The number of rotatable bonds is 5. The van der Waals surface area contributed by atoms with Crippen molar-refractivity contribution in [2.24, 2.45) is 0 Å². The quantitative estimate of drug-likeness (QED) is 0.498. The van der Waals surface area contributed by atoms with Crippen LogP contribution in [0.1, 0.15) is 10.4 Å². The first kappa shape index (κ1) is 12.6. The van der Waals surface area contributed by atoms with Crippen molar-refractivity contribution in [1.29, 1.82) is 0 Å². The molecule has 2 rings (SSSR count). The number of benzene rings is 1. The molecule has 96 valence electrons. The summed E-state index contributed by atoms with van der Waals surface area (Å²) in [6.07, 6.45) is -0.0615. The van der Waals surface area contributed by atoms with Crippen molar-refractivity contribution in [3.05, 3.63) is 32.8 Å². The van der Waals surface area contributed by atoms with E-state index < -0.39 is 16.6 Å². The van der Waals surface area contributed by atoms with E-state index in [-0.39, 0.29) is 29.0 Å². The molecule has 1 unspecified atom stereocenters. The lowest BCUT2D eigenvalue weighted by atomic mass is 10.2. The molecular weight excluding hydrogens is 266 g/mol. The SMILES string of the molecule is O=C(O)c1cc(OCC2CO2)c(Cl)c([N+](=O)[O-])c1. The molecule has 18 heavy (non-hydrogen) atoms. The Morgan fingerprint density at radius 2 is 2.33 bits per heavy atom. The largest absolute Gasteiger partial charge is 0.489 e. The molecule has 1 fully saturated rings. The molecule has 1 aliphatic heterocycles. The molecule has 1 heterocycles. The minimum Gasteiger partial charge on any atom is -0.489 e. The Labute approximate surface area is 106 Å². The zero-order valence-corrected chi connectivity index (χ0v) is 9.72. The Balaban J connectivity index is 2.34. The van der Waals surface area contributed by atoms with E-state index in [0.29, 0.717) is 6.61 Å². The number of halogens is 1. The molecule has 1 N–H and O–H groups in total. The van der Waals surface area contributed by atoms with Crippen LogP contribution in [0.15, 0.2) is 12.1 Å². The van der Waals surface area contributed by atoms with Crippen LogP contribution in [-0.2, 0) is 4.74 Å². The lowest BCUT2D eigenvalue weighted by Crippen LogP contribution is -2.07. The highest BCUT2D eigenvalue weighted by atomic mass is 35.5. The molecule has 1 aliphatic rings. The predicted octanol–water partition coefficient (Wildman–Crippen LogP) is 1.72. The summed E-state index contributed by atoms with van der Waals surface area (Å²) in [4.78, 5) is 20.8. The molecule has 0 spiro atoms.